The third kappa shape index (κ3) is 8.23. The number of hydrogen-bond donors (Lipinski definition) is 2. The molecule has 0 heterocycles. The van der Waals surface area contributed by atoms with Crippen LogP contribution in [0.1, 0.15) is 33.3 Å². The molecule has 0 saturated carbocycles. The summed E-state index contributed by atoms with van der Waals surface area (Å²) < 4.78 is 40.9. The molecule has 1 aromatic carbocycles. The lowest BCUT2D eigenvalue weighted by atomic mass is 10.1. The number of benzene rings is 1. The van der Waals surface area contributed by atoms with Crippen LogP contribution >= 0.6 is 0 Å². The Morgan fingerprint density at radius 2 is 1.76 bits per heavy atom. The number of hydrogen-bond acceptors (Lipinski definition) is 3. The summed E-state index contributed by atoms with van der Waals surface area (Å²) in [7, 11) is 0. The largest absolute Gasteiger partial charge is 0.573 e. The van der Waals surface area contributed by atoms with E-state index in [0.717, 1.165) is 12.1 Å². The first-order chi connectivity index (χ1) is 11.4. The number of amides is 2. The van der Waals surface area contributed by atoms with Crippen LogP contribution in [0.3, 0.4) is 0 Å². The molecule has 0 saturated heterocycles. The SMILES string of the molecule is CC(NC(=O)/C=C/c1ccccc1OC(F)(F)F)C(=O)NC(C)(C)C. The molecule has 1 atom stereocenters. The zero-order valence-corrected chi connectivity index (χ0v) is 14.4. The quantitative estimate of drug-likeness (QED) is 0.795. The van der Waals surface area contributed by atoms with Gasteiger partial charge >= 0.3 is 6.36 Å². The molecule has 0 aliphatic carbocycles. The van der Waals surface area contributed by atoms with Crippen LogP contribution in [0.5, 0.6) is 5.75 Å². The Bertz CT molecular complexity index is 649. The van der Waals surface area contributed by atoms with Crippen LogP contribution in [0, 0.1) is 0 Å². The Kier molecular flexibility index (Phi) is 6.61. The molecule has 0 aliphatic rings. The van der Waals surface area contributed by atoms with Gasteiger partial charge in [-0.1, -0.05) is 18.2 Å². The van der Waals surface area contributed by atoms with Gasteiger partial charge < -0.3 is 15.4 Å². The van der Waals surface area contributed by atoms with E-state index < -0.39 is 29.6 Å². The summed E-state index contributed by atoms with van der Waals surface area (Å²) in [5.41, 5.74) is -0.360. The molecule has 0 spiro atoms. The molecule has 5 nitrogen and oxygen atoms in total. The standard InChI is InChI=1S/C17H21F3N2O3/c1-11(15(24)22-16(2,3)4)21-14(23)10-9-12-7-5-6-8-13(12)25-17(18,19)20/h5-11H,1-4H3,(H,21,23)(H,22,24)/b10-9+. The van der Waals surface area contributed by atoms with E-state index in [2.05, 4.69) is 15.4 Å². The van der Waals surface area contributed by atoms with E-state index in [-0.39, 0.29) is 11.5 Å². The summed E-state index contributed by atoms with van der Waals surface area (Å²) in [6, 6.07) is 4.63. The minimum Gasteiger partial charge on any atom is -0.405 e. The predicted octanol–water partition coefficient (Wildman–Crippen LogP) is 3.02. The number of carbonyl (C=O) groups excluding carboxylic acids is 2. The van der Waals surface area contributed by atoms with E-state index in [1.54, 1.807) is 20.8 Å². The van der Waals surface area contributed by atoms with Gasteiger partial charge in [-0.2, -0.15) is 0 Å². The molecule has 1 aromatic rings. The van der Waals surface area contributed by atoms with Crippen LogP contribution in [0.2, 0.25) is 0 Å². The minimum absolute atomic E-state index is 0.0850. The Hall–Kier alpha value is -2.51. The van der Waals surface area contributed by atoms with Crippen LogP contribution in [0.25, 0.3) is 6.08 Å². The maximum absolute atomic E-state index is 12.3. The molecule has 0 aliphatic heterocycles. The second-order valence-electron chi connectivity index (χ2n) is 6.39. The van der Waals surface area contributed by atoms with Crippen molar-refractivity contribution in [1.82, 2.24) is 10.6 Å². The van der Waals surface area contributed by atoms with Crippen LogP contribution in [0.4, 0.5) is 13.2 Å². The first-order valence-corrected chi connectivity index (χ1v) is 7.53. The van der Waals surface area contributed by atoms with E-state index in [1.807, 2.05) is 0 Å². The van der Waals surface area contributed by atoms with Crippen LogP contribution in [-0.2, 0) is 9.59 Å². The van der Waals surface area contributed by atoms with E-state index >= 15 is 0 Å². The Labute approximate surface area is 144 Å². The Morgan fingerprint density at radius 3 is 2.32 bits per heavy atom. The zero-order valence-electron chi connectivity index (χ0n) is 14.4. The number of ether oxygens (including phenoxy) is 1. The highest BCUT2D eigenvalue weighted by molar-refractivity contribution is 5.95. The lowest BCUT2D eigenvalue weighted by Gasteiger charge is -2.23. The molecule has 8 heteroatoms. The number of nitrogens with one attached hydrogen (secondary N) is 2. The number of carbonyl (C=O) groups is 2. The van der Waals surface area contributed by atoms with Crippen LogP contribution < -0.4 is 15.4 Å². The van der Waals surface area contributed by atoms with Crippen molar-refractivity contribution in [2.24, 2.45) is 0 Å². The van der Waals surface area contributed by atoms with Crippen molar-refractivity contribution in [2.45, 2.75) is 45.6 Å². The second kappa shape index (κ2) is 8.04. The van der Waals surface area contributed by atoms with Gasteiger partial charge in [0.25, 0.3) is 0 Å². The molecule has 2 N–H and O–H groups in total. The number of rotatable bonds is 5. The second-order valence-corrected chi connectivity index (χ2v) is 6.39. The van der Waals surface area contributed by atoms with Gasteiger partial charge in [-0.3, -0.25) is 9.59 Å². The molecule has 0 aromatic heterocycles. The molecule has 0 fully saturated rings. The molecular formula is C17H21F3N2O3. The van der Waals surface area contributed by atoms with Crippen molar-refractivity contribution < 1.29 is 27.5 Å². The van der Waals surface area contributed by atoms with Gasteiger partial charge in [0.1, 0.15) is 11.8 Å². The summed E-state index contributed by atoms with van der Waals surface area (Å²) in [5, 5.41) is 5.15. The predicted molar refractivity (Wildman–Crippen MR) is 87.7 cm³/mol. The molecular weight excluding hydrogens is 337 g/mol. The van der Waals surface area contributed by atoms with Gasteiger partial charge in [-0.05, 0) is 39.8 Å². The zero-order chi connectivity index (χ0) is 19.3. The van der Waals surface area contributed by atoms with E-state index in [0.29, 0.717) is 0 Å². The molecule has 25 heavy (non-hydrogen) atoms. The molecule has 2 amide bonds. The number of alkyl halides is 3. The smallest absolute Gasteiger partial charge is 0.405 e. The van der Waals surface area contributed by atoms with Gasteiger partial charge in [0.15, 0.2) is 0 Å². The third-order valence-corrected chi connectivity index (χ3v) is 2.81. The first-order valence-electron chi connectivity index (χ1n) is 7.53. The number of para-hydroxylation sites is 1. The molecule has 1 unspecified atom stereocenters. The van der Waals surface area contributed by atoms with Gasteiger partial charge in [-0.15, -0.1) is 13.2 Å². The van der Waals surface area contributed by atoms with E-state index in [9.17, 15) is 22.8 Å². The topological polar surface area (TPSA) is 67.4 Å². The Morgan fingerprint density at radius 1 is 1.16 bits per heavy atom. The third-order valence-electron chi connectivity index (χ3n) is 2.81. The van der Waals surface area contributed by atoms with Crippen molar-refractivity contribution in [1.29, 1.82) is 0 Å². The average Bonchev–Trinajstić information content (AvgIpc) is 2.42. The highest BCUT2D eigenvalue weighted by Crippen LogP contribution is 2.26. The monoisotopic (exact) mass is 358 g/mol. The van der Waals surface area contributed by atoms with Gasteiger partial charge in [0, 0.05) is 17.2 Å². The summed E-state index contributed by atoms with van der Waals surface area (Å²) >= 11 is 0. The van der Waals surface area contributed by atoms with Gasteiger partial charge in [0.2, 0.25) is 11.8 Å². The van der Waals surface area contributed by atoms with Crippen molar-refractivity contribution in [3.05, 3.63) is 35.9 Å². The van der Waals surface area contributed by atoms with Gasteiger partial charge in [0.05, 0.1) is 0 Å². The van der Waals surface area contributed by atoms with Crippen LogP contribution in [-0.4, -0.2) is 29.8 Å². The normalized spacial score (nSPS) is 13.4. The highest BCUT2D eigenvalue weighted by Gasteiger charge is 2.31. The Balaban J connectivity index is 2.73. The lowest BCUT2D eigenvalue weighted by Crippen LogP contribution is -2.50. The summed E-state index contributed by atoms with van der Waals surface area (Å²) in [4.78, 5) is 23.7. The van der Waals surface area contributed by atoms with Crippen molar-refractivity contribution in [3.63, 3.8) is 0 Å². The van der Waals surface area contributed by atoms with Crippen molar-refractivity contribution >= 4 is 17.9 Å². The van der Waals surface area contributed by atoms with Crippen molar-refractivity contribution in [3.8, 4) is 5.75 Å². The fourth-order valence-corrected chi connectivity index (χ4v) is 1.81. The van der Waals surface area contributed by atoms with E-state index in [1.165, 1.54) is 31.2 Å². The highest BCUT2D eigenvalue weighted by atomic mass is 19.4. The minimum atomic E-state index is -4.83. The van der Waals surface area contributed by atoms with Crippen LogP contribution in [0.15, 0.2) is 30.3 Å². The first kappa shape index (κ1) is 20.5. The molecule has 0 bridgehead atoms. The van der Waals surface area contributed by atoms with Gasteiger partial charge in [-0.25, -0.2) is 0 Å². The molecule has 0 radical (unpaired) electrons. The summed E-state index contributed by atoms with van der Waals surface area (Å²) in [5.74, 6) is -1.40. The summed E-state index contributed by atoms with van der Waals surface area (Å²) in [6.45, 7) is 6.91. The fraction of sp³-hybridized carbons (Fsp3) is 0.412. The van der Waals surface area contributed by atoms with Crippen molar-refractivity contribution in [2.75, 3.05) is 0 Å². The lowest BCUT2D eigenvalue weighted by molar-refractivity contribution is -0.274. The maximum Gasteiger partial charge on any atom is 0.573 e. The number of halogens is 3. The molecule has 1 rings (SSSR count). The fourth-order valence-electron chi connectivity index (χ4n) is 1.81. The maximum atomic E-state index is 12.3. The van der Waals surface area contributed by atoms with E-state index in [4.69, 9.17) is 0 Å². The summed E-state index contributed by atoms with van der Waals surface area (Å²) in [6.07, 6.45) is -2.60. The molecule has 138 valence electrons. The average molecular weight is 358 g/mol.